The zero-order valence-electron chi connectivity index (χ0n) is 14.3. The fourth-order valence-electron chi connectivity index (χ4n) is 2.35. The van der Waals surface area contributed by atoms with E-state index in [0.29, 0.717) is 36.6 Å². The second-order valence-corrected chi connectivity index (χ2v) is 7.35. The number of methoxy groups -OCH3 is 1. The van der Waals surface area contributed by atoms with Gasteiger partial charge in [0.1, 0.15) is 5.75 Å². The summed E-state index contributed by atoms with van der Waals surface area (Å²) < 4.78 is 37.9. The average molecular weight is 364 g/mol. The normalized spacial score (nSPS) is 11.3. The molecule has 136 valence electrons. The maximum absolute atomic E-state index is 12.3. The van der Waals surface area contributed by atoms with Crippen LogP contribution in [-0.2, 0) is 27.9 Å². The van der Waals surface area contributed by atoms with Crippen molar-refractivity contribution in [3.63, 3.8) is 0 Å². The van der Waals surface area contributed by atoms with Gasteiger partial charge in [-0.05, 0) is 23.6 Å². The van der Waals surface area contributed by atoms with E-state index >= 15 is 0 Å². The fraction of sp³-hybridized carbons (Fsp3) is 0.333. The van der Waals surface area contributed by atoms with Crippen molar-refractivity contribution in [1.82, 2.24) is 0 Å². The molecule has 0 aliphatic heterocycles. The van der Waals surface area contributed by atoms with E-state index in [1.165, 1.54) is 7.11 Å². The number of nitrogens with two attached hydrogens (primary N) is 1. The Bertz CT molecular complexity index is 742. The largest absolute Gasteiger partial charge is 0.495 e. The predicted molar refractivity (Wildman–Crippen MR) is 99.0 cm³/mol. The summed E-state index contributed by atoms with van der Waals surface area (Å²) in [7, 11) is -2.02. The van der Waals surface area contributed by atoms with Crippen LogP contribution in [0.4, 0.5) is 5.69 Å². The maximum Gasteiger partial charge on any atom is 0.232 e. The number of benzene rings is 2. The molecule has 0 atom stereocenters. The highest BCUT2D eigenvalue weighted by Gasteiger charge is 2.16. The van der Waals surface area contributed by atoms with Crippen molar-refractivity contribution in [2.24, 2.45) is 5.73 Å². The predicted octanol–water partition coefficient (Wildman–Crippen LogP) is 2.50. The molecule has 6 nitrogen and oxygen atoms in total. The first-order valence-electron chi connectivity index (χ1n) is 8.04. The summed E-state index contributed by atoms with van der Waals surface area (Å²) in [5.41, 5.74) is 7.82. The number of ether oxygens (including phenoxy) is 2. The minimum Gasteiger partial charge on any atom is -0.495 e. The third-order valence-electron chi connectivity index (χ3n) is 3.62. The Balaban J connectivity index is 1.86. The van der Waals surface area contributed by atoms with E-state index in [9.17, 15) is 8.42 Å². The van der Waals surface area contributed by atoms with Crippen LogP contribution in [-0.4, -0.2) is 27.9 Å². The van der Waals surface area contributed by atoms with Crippen LogP contribution in [0.1, 0.15) is 17.5 Å². The molecule has 2 aromatic rings. The lowest BCUT2D eigenvalue weighted by molar-refractivity contribution is 0.122. The third-order valence-corrected chi connectivity index (χ3v) is 4.96. The summed E-state index contributed by atoms with van der Waals surface area (Å²) in [6.07, 6.45) is 0.398. The van der Waals surface area contributed by atoms with E-state index in [1.807, 2.05) is 30.3 Å². The van der Waals surface area contributed by atoms with E-state index in [-0.39, 0.29) is 12.3 Å². The standard InChI is InChI=1S/C18H24N2O4S/c1-23-17-10-5-9-16(13-19)18(17)20-25(21,22)12-6-11-24-14-15-7-3-2-4-8-15/h2-5,7-10,20H,6,11-14,19H2,1H3. The van der Waals surface area contributed by atoms with Gasteiger partial charge in [0.2, 0.25) is 10.0 Å². The van der Waals surface area contributed by atoms with Crippen LogP contribution in [0.3, 0.4) is 0 Å². The van der Waals surface area contributed by atoms with Crippen molar-refractivity contribution in [2.45, 2.75) is 19.6 Å². The van der Waals surface area contributed by atoms with Gasteiger partial charge < -0.3 is 15.2 Å². The molecule has 0 radical (unpaired) electrons. The van der Waals surface area contributed by atoms with Gasteiger partial charge in [0.25, 0.3) is 0 Å². The van der Waals surface area contributed by atoms with Crippen molar-refractivity contribution in [3.8, 4) is 5.75 Å². The Hall–Kier alpha value is -2.09. The monoisotopic (exact) mass is 364 g/mol. The van der Waals surface area contributed by atoms with E-state index in [0.717, 1.165) is 5.56 Å². The van der Waals surface area contributed by atoms with Gasteiger partial charge >= 0.3 is 0 Å². The number of rotatable bonds is 10. The first-order valence-corrected chi connectivity index (χ1v) is 9.69. The van der Waals surface area contributed by atoms with Gasteiger partial charge in [-0.25, -0.2) is 8.42 Å². The third kappa shape index (κ3) is 6.04. The molecule has 3 N–H and O–H groups in total. The van der Waals surface area contributed by atoms with E-state index in [2.05, 4.69) is 4.72 Å². The molecule has 0 unspecified atom stereocenters. The molecule has 0 heterocycles. The molecule has 0 saturated carbocycles. The molecule has 2 aromatic carbocycles. The van der Waals surface area contributed by atoms with Crippen molar-refractivity contribution in [3.05, 3.63) is 59.7 Å². The Labute approximate surface area is 149 Å². The minimum absolute atomic E-state index is 0.0378. The molecular weight excluding hydrogens is 340 g/mol. The van der Waals surface area contributed by atoms with Crippen molar-refractivity contribution in [1.29, 1.82) is 0 Å². The van der Waals surface area contributed by atoms with Crippen molar-refractivity contribution >= 4 is 15.7 Å². The van der Waals surface area contributed by atoms with Crippen LogP contribution < -0.4 is 15.2 Å². The molecule has 0 aliphatic rings. The van der Waals surface area contributed by atoms with Gasteiger partial charge in [-0.15, -0.1) is 0 Å². The van der Waals surface area contributed by atoms with E-state index in [4.69, 9.17) is 15.2 Å². The highest BCUT2D eigenvalue weighted by Crippen LogP contribution is 2.29. The zero-order valence-corrected chi connectivity index (χ0v) is 15.1. The molecule has 0 saturated heterocycles. The van der Waals surface area contributed by atoms with Crippen LogP contribution in [0.5, 0.6) is 5.75 Å². The Morgan fingerprint density at radius 1 is 1.08 bits per heavy atom. The highest BCUT2D eigenvalue weighted by molar-refractivity contribution is 7.92. The lowest BCUT2D eigenvalue weighted by Crippen LogP contribution is -2.20. The molecule has 0 bridgehead atoms. The Kier molecular flexibility index (Phi) is 7.24. The van der Waals surface area contributed by atoms with E-state index in [1.54, 1.807) is 18.2 Å². The van der Waals surface area contributed by atoms with Crippen molar-refractivity contribution < 1.29 is 17.9 Å². The maximum atomic E-state index is 12.3. The number of nitrogens with one attached hydrogen (secondary N) is 1. The van der Waals surface area contributed by atoms with Crippen LogP contribution in [0.25, 0.3) is 0 Å². The molecule has 0 spiro atoms. The molecule has 2 rings (SSSR count). The van der Waals surface area contributed by atoms with Crippen molar-refractivity contribution in [2.75, 3.05) is 24.2 Å². The quantitative estimate of drug-likeness (QED) is 0.632. The molecule has 0 fully saturated rings. The Morgan fingerprint density at radius 3 is 2.52 bits per heavy atom. The second kappa shape index (κ2) is 9.41. The summed E-state index contributed by atoms with van der Waals surface area (Å²) in [4.78, 5) is 0. The van der Waals surface area contributed by atoms with Crippen LogP contribution >= 0.6 is 0 Å². The summed E-state index contributed by atoms with van der Waals surface area (Å²) in [6.45, 7) is 1.05. The fourth-order valence-corrected chi connectivity index (χ4v) is 3.50. The number of hydrogen-bond donors (Lipinski definition) is 2. The number of para-hydroxylation sites is 1. The molecule has 0 aliphatic carbocycles. The van der Waals surface area contributed by atoms with Gasteiger partial charge in [0, 0.05) is 13.2 Å². The first-order chi connectivity index (χ1) is 12.1. The van der Waals surface area contributed by atoms with Gasteiger partial charge in [-0.1, -0.05) is 42.5 Å². The summed E-state index contributed by atoms with van der Waals surface area (Å²) >= 11 is 0. The van der Waals surface area contributed by atoms with Gasteiger partial charge in [0.15, 0.2) is 0 Å². The molecule has 0 amide bonds. The summed E-state index contributed by atoms with van der Waals surface area (Å²) in [5, 5.41) is 0. The van der Waals surface area contributed by atoms with Crippen LogP contribution in [0.15, 0.2) is 48.5 Å². The minimum atomic E-state index is -3.51. The zero-order chi connectivity index (χ0) is 18.1. The number of hydrogen-bond acceptors (Lipinski definition) is 5. The smallest absolute Gasteiger partial charge is 0.232 e. The SMILES string of the molecule is COc1cccc(CN)c1NS(=O)(=O)CCCOCc1ccccc1. The topological polar surface area (TPSA) is 90.6 Å². The number of anilines is 1. The molecular formula is C18H24N2O4S. The van der Waals surface area contributed by atoms with Crippen LogP contribution in [0.2, 0.25) is 0 Å². The van der Waals surface area contributed by atoms with Crippen LogP contribution in [0, 0.1) is 0 Å². The second-order valence-electron chi connectivity index (χ2n) is 5.51. The lowest BCUT2D eigenvalue weighted by Gasteiger charge is -2.15. The van der Waals surface area contributed by atoms with Gasteiger partial charge in [0.05, 0.1) is 25.2 Å². The Morgan fingerprint density at radius 2 is 1.84 bits per heavy atom. The van der Waals surface area contributed by atoms with E-state index < -0.39 is 10.0 Å². The first kappa shape index (κ1) is 19.2. The molecule has 0 aromatic heterocycles. The number of sulfonamides is 1. The van der Waals surface area contributed by atoms with Gasteiger partial charge in [-0.2, -0.15) is 0 Å². The summed E-state index contributed by atoms with van der Waals surface area (Å²) in [6, 6.07) is 15.0. The average Bonchev–Trinajstić information content (AvgIpc) is 2.62. The highest BCUT2D eigenvalue weighted by atomic mass is 32.2. The summed E-state index contributed by atoms with van der Waals surface area (Å²) in [5.74, 6) is 0.413. The lowest BCUT2D eigenvalue weighted by atomic mass is 10.1. The molecule has 25 heavy (non-hydrogen) atoms. The van der Waals surface area contributed by atoms with Gasteiger partial charge in [-0.3, -0.25) is 4.72 Å². The molecule has 7 heteroatoms.